The first-order valence-corrected chi connectivity index (χ1v) is 6.73. The topological polar surface area (TPSA) is 12.0 Å². The Hall–Kier alpha value is -0.130. The number of hydrogen-bond donors (Lipinski definition) is 1. The molecule has 1 aliphatic rings. The van der Waals surface area contributed by atoms with E-state index in [1.165, 1.54) is 25.7 Å². The fraction of sp³-hybridized carbons (Fsp3) is 0.833. The second kappa shape index (κ2) is 5.68. The number of hydrogen-bond acceptors (Lipinski definition) is 2. The van der Waals surface area contributed by atoms with Crippen LogP contribution < -0.4 is 5.32 Å². The third-order valence-corrected chi connectivity index (χ3v) is 4.65. The number of rotatable bonds is 5. The van der Waals surface area contributed by atoms with E-state index in [-0.39, 0.29) is 6.04 Å². The first kappa shape index (κ1) is 11.9. The van der Waals surface area contributed by atoms with Gasteiger partial charge in [-0.25, -0.2) is 0 Å². The summed E-state index contributed by atoms with van der Waals surface area (Å²) in [6.45, 7) is 3.22. The quantitative estimate of drug-likeness (QED) is 0.702. The summed E-state index contributed by atoms with van der Waals surface area (Å²) in [6, 6.07) is 0.264. The summed E-state index contributed by atoms with van der Waals surface area (Å²) in [7, 11) is 0. The lowest BCUT2D eigenvalue weighted by Crippen LogP contribution is -2.39. The van der Waals surface area contributed by atoms with Crippen molar-refractivity contribution in [2.24, 2.45) is 0 Å². The van der Waals surface area contributed by atoms with Crippen molar-refractivity contribution in [2.45, 2.75) is 49.8 Å². The predicted octanol–water partition coefficient (Wildman–Crippen LogP) is 2.66. The van der Waals surface area contributed by atoms with Gasteiger partial charge in [-0.1, -0.05) is 25.7 Å². The lowest BCUT2D eigenvalue weighted by atomic mass is 10.1. The van der Waals surface area contributed by atoms with Gasteiger partial charge in [0.25, 0.3) is 0 Å². The molecule has 0 bridgehead atoms. The van der Waals surface area contributed by atoms with Gasteiger partial charge < -0.3 is 5.32 Å². The van der Waals surface area contributed by atoms with E-state index >= 15 is 0 Å². The molecule has 0 aromatic rings. The average molecular weight is 211 g/mol. The maximum absolute atomic E-state index is 5.43. The van der Waals surface area contributed by atoms with E-state index in [1.807, 2.05) is 11.8 Å². The summed E-state index contributed by atoms with van der Waals surface area (Å²) in [5.41, 5.74) is 0. The second-order valence-corrected chi connectivity index (χ2v) is 5.38. The van der Waals surface area contributed by atoms with Gasteiger partial charge in [0, 0.05) is 11.3 Å². The average Bonchev–Trinajstić information content (AvgIpc) is 2.69. The van der Waals surface area contributed by atoms with Crippen LogP contribution in [-0.2, 0) is 0 Å². The van der Waals surface area contributed by atoms with Crippen LogP contribution in [0.3, 0.4) is 0 Å². The second-order valence-electron chi connectivity index (χ2n) is 4.10. The summed E-state index contributed by atoms with van der Waals surface area (Å²) >= 11 is 2.01. The van der Waals surface area contributed by atoms with Gasteiger partial charge >= 0.3 is 0 Å². The predicted molar refractivity (Wildman–Crippen MR) is 65.6 cm³/mol. The van der Waals surface area contributed by atoms with Crippen LogP contribution in [-0.4, -0.2) is 23.6 Å². The molecule has 1 aliphatic carbocycles. The molecule has 0 aromatic heterocycles. The number of terminal acetylenes is 1. The van der Waals surface area contributed by atoms with Crippen LogP contribution in [0, 0.1) is 12.3 Å². The molecule has 0 radical (unpaired) electrons. The minimum absolute atomic E-state index is 0.264. The Morgan fingerprint density at radius 1 is 1.50 bits per heavy atom. The van der Waals surface area contributed by atoms with Crippen molar-refractivity contribution >= 4 is 11.8 Å². The Labute approximate surface area is 92.4 Å². The number of nitrogens with one attached hydrogen (secondary N) is 1. The van der Waals surface area contributed by atoms with Crippen molar-refractivity contribution in [3.8, 4) is 12.3 Å². The van der Waals surface area contributed by atoms with Gasteiger partial charge in [0.05, 0.1) is 6.04 Å². The van der Waals surface area contributed by atoms with Crippen LogP contribution in [0.15, 0.2) is 0 Å². The fourth-order valence-corrected chi connectivity index (χ4v) is 3.03. The minimum Gasteiger partial charge on any atom is -0.302 e. The maximum atomic E-state index is 5.43. The van der Waals surface area contributed by atoms with Gasteiger partial charge in [-0.3, -0.25) is 0 Å². The van der Waals surface area contributed by atoms with Gasteiger partial charge in [-0.2, -0.15) is 11.8 Å². The van der Waals surface area contributed by atoms with E-state index in [2.05, 4.69) is 24.4 Å². The lowest BCUT2D eigenvalue weighted by Gasteiger charge is -2.28. The molecule has 1 N–H and O–H groups in total. The van der Waals surface area contributed by atoms with Crippen LogP contribution in [0.5, 0.6) is 0 Å². The highest BCUT2D eigenvalue weighted by Crippen LogP contribution is 2.39. The zero-order valence-electron chi connectivity index (χ0n) is 9.31. The monoisotopic (exact) mass is 211 g/mol. The fourth-order valence-electron chi connectivity index (χ4n) is 2.10. The summed E-state index contributed by atoms with van der Waals surface area (Å²) in [4.78, 5) is 0. The van der Waals surface area contributed by atoms with E-state index in [1.54, 1.807) is 0 Å². The third-order valence-electron chi connectivity index (χ3n) is 3.23. The molecule has 1 unspecified atom stereocenters. The Morgan fingerprint density at radius 3 is 2.57 bits per heavy atom. The molecular formula is C12H21NS. The van der Waals surface area contributed by atoms with Crippen LogP contribution in [0.4, 0.5) is 0 Å². The van der Waals surface area contributed by atoms with Crippen molar-refractivity contribution in [3.05, 3.63) is 0 Å². The first-order valence-electron chi connectivity index (χ1n) is 5.51. The molecule has 1 rings (SSSR count). The standard InChI is InChI=1S/C12H21NS/c1-4-11(5-2)13-10-12(14-3)8-6-7-9-12/h1,11,13H,5-10H2,2-3H3. The molecule has 2 heteroatoms. The first-order chi connectivity index (χ1) is 6.76. The van der Waals surface area contributed by atoms with E-state index < -0.39 is 0 Å². The highest BCUT2D eigenvalue weighted by atomic mass is 32.2. The van der Waals surface area contributed by atoms with E-state index in [0.717, 1.165) is 13.0 Å². The Balaban J connectivity index is 2.38. The largest absolute Gasteiger partial charge is 0.302 e. The molecule has 1 fully saturated rings. The van der Waals surface area contributed by atoms with Crippen LogP contribution >= 0.6 is 11.8 Å². The van der Waals surface area contributed by atoms with E-state index in [9.17, 15) is 0 Å². The van der Waals surface area contributed by atoms with E-state index in [4.69, 9.17) is 6.42 Å². The number of thioether (sulfide) groups is 1. The molecule has 14 heavy (non-hydrogen) atoms. The van der Waals surface area contributed by atoms with Crippen LogP contribution in [0.1, 0.15) is 39.0 Å². The summed E-state index contributed by atoms with van der Waals surface area (Å²) in [6.07, 6.45) is 14.2. The summed E-state index contributed by atoms with van der Waals surface area (Å²) in [5, 5.41) is 3.50. The zero-order valence-corrected chi connectivity index (χ0v) is 10.1. The van der Waals surface area contributed by atoms with Crippen molar-refractivity contribution in [1.82, 2.24) is 5.32 Å². The van der Waals surface area contributed by atoms with Crippen molar-refractivity contribution in [3.63, 3.8) is 0 Å². The van der Waals surface area contributed by atoms with Gasteiger partial charge in [0.2, 0.25) is 0 Å². The van der Waals surface area contributed by atoms with Gasteiger partial charge in [0.15, 0.2) is 0 Å². The van der Waals surface area contributed by atoms with Crippen LogP contribution in [0.2, 0.25) is 0 Å². The van der Waals surface area contributed by atoms with Gasteiger partial charge in [0.1, 0.15) is 0 Å². The summed E-state index contributed by atoms with van der Waals surface area (Å²) < 4.78 is 0.476. The molecule has 0 amide bonds. The van der Waals surface area contributed by atoms with Gasteiger partial charge in [-0.05, 0) is 25.5 Å². The van der Waals surface area contributed by atoms with Gasteiger partial charge in [-0.15, -0.1) is 6.42 Å². The molecule has 0 heterocycles. The highest BCUT2D eigenvalue weighted by Gasteiger charge is 2.32. The van der Waals surface area contributed by atoms with E-state index in [0.29, 0.717) is 4.75 Å². The van der Waals surface area contributed by atoms with Crippen molar-refractivity contribution in [2.75, 3.05) is 12.8 Å². The molecular weight excluding hydrogens is 190 g/mol. The molecule has 1 nitrogen and oxygen atoms in total. The molecule has 80 valence electrons. The zero-order chi connectivity index (χ0) is 10.4. The third kappa shape index (κ3) is 2.93. The van der Waals surface area contributed by atoms with Crippen LogP contribution in [0.25, 0.3) is 0 Å². The normalized spacial score (nSPS) is 21.8. The molecule has 0 spiro atoms. The summed E-state index contributed by atoms with van der Waals surface area (Å²) in [5.74, 6) is 2.80. The Bertz CT molecular complexity index is 201. The molecule has 0 aromatic carbocycles. The molecule has 1 saturated carbocycles. The maximum Gasteiger partial charge on any atom is 0.0684 e. The Kier molecular flexibility index (Phi) is 4.84. The SMILES string of the molecule is C#CC(CC)NCC1(SC)CCCC1. The molecule has 0 saturated heterocycles. The molecule has 0 aliphatic heterocycles. The smallest absolute Gasteiger partial charge is 0.0684 e. The Morgan fingerprint density at radius 2 is 2.14 bits per heavy atom. The minimum atomic E-state index is 0.264. The van der Waals surface area contributed by atoms with Crippen molar-refractivity contribution in [1.29, 1.82) is 0 Å². The lowest BCUT2D eigenvalue weighted by molar-refractivity contribution is 0.499. The van der Waals surface area contributed by atoms with Crippen molar-refractivity contribution < 1.29 is 0 Å². The molecule has 1 atom stereocenters. The highest BCUT2D eigenvalue weighted by molar-refractivity contribution is 8.00.